The fourth-order valence-electron chi connectivity index (χ4n) is 2.54. The zero-order valence-electron chi connectivity index (χ0n) is 15.0. The van der Waals surface area contributed by atoms with E-state index in [1.807, 2.05) is 26.0 Å². The van der Waals surface area contributed by atoms with Crippen LogP contribution >= 0.6 is 35.1 Å². The van der Waals surface area contributed by atoms with Crippen molar-refractivity contribution in [2.75, 3.05) is 0 Å². The van der Waals surface area contributed by atoms with Crippen LogP contribution in [0, 0.1) is 5.82 Å². The summed E-state index contributed by atoms with van der Waals surface area (Å²) in [5.74, 6) is -0.338. The molecule has 144 valence electrons. The van der Waals surface area contributed by atoms with E-state index < -0.39 is 0 Å². The van der Waals surface area contributed by atoms with Gasteiger partial charge in [0.15, 0.2) is 0 Å². The van der Waals surface area contributed by atoms with Crippen LogP contribution in [0.4, 0.5) is 4.39 Å². The number of aromatic nitrogens is 1. The number of rotatable bonds is 6. The maximum Gasteiger partial charge on any atom is 0.273 e. The van der Waals surface area contributed by atoms with E-state index in [1.54, 1.807) is 33.7 Å². The third-order valence-corrected chi connectivity index (χ3v) is 5.94. The SMILES string of the molecule is CC(C)N(Cc1ccc(-c2ccc(F)cc2)s1)C(=O)c1csc(CN)n1.Cl. The predicted molar refractivity (Wildman–Crippen MR) is 112 cm³/mol. The summed E-state index contributed by atoms with van der Waals surface area (Å²) < 4.78 is 13.1. The molecule has 2 N–H and O–H groups in total. The molecule has 8 heteroatoms. The highest BCUT2D eigenvalue weighted by Crippen LogP contribution is 2.29. The lowest BCUT2D eigenvalue weighted by atomic mass is 10.2. The molecule has 0 aliphatic rings. The molecule has 4 nitrogen and oxygen atoms in total. The fraction of sp³-hybridized carbons (Fsp3) is 0.263. The number of hydrogen-bond donors (Lipinski definition) is 1. The zero-order chi connectivity index (χ0) is 18.7. The van der Waals surface area contributed by atoms with Crippen molar-refractivity contribution in [3.8, 4) is 10.4 Å². The van der Waals surface area contributed by atoms with Gasteiger partial charge in [-0.3, -0.25) is 4.79 Å². The molecule has 0 saturated carbocycles. The number of nitrogens with zero attached hydrogens (tertiary/aromatic N) is 2. The van der Waals surface area contributed by atoms with Crippen molar-refractivity contribution >= 4 is 41.0 Å². The summed E-state index contributed by atoms with van der Waals surface area (Å²) in [7, 11) is 0. The molecule has 1 amide bonds. The minimum Gasteiger partial charge on any atom is -0.330 e. The standard InChI is InChI=1S/C19H20FN3OS2.ClH/c1-12(2)23(19(24)16-11-25-18(9-21)22-16)10-15-7-8-17(26-15)13-3-5-14(20)6-4-13;/h3-8,11-12H,9-10,21H2,1-2H3;1H. The molecule has 0 aliphatic carbocycles. The maximum atomic E-state index is 13.1. The van der Waals surface area contributed by atoms with Crippen LogP contribution in [-0.4, -0.2) is 21.8 Å². The monoisotopic (exact) mass is 425 g/mol. The van der Waals surface area contributed by atoms with Gasteiger partial charge in [-0.25, -0.2) is 9.37 Å². The summed E-state index contributed by atoms with van der Waals surface area (Å²) >= 11 is 3.01. The zero-order valence-corrected chi connectivity index (χ0v) is 17.5. The molecule has 0 atom stereocenters. The van der Waals surface area contributed by atoms with Crippen LogP contribution in [0.3, 0.4) is 0 Å². The van der Waals surface area contributed by atoms with Crippen molar-refractivity contribution < 1.29 is 9.18 Å². The van der Waals surface area contributed by atoms with E-state index in [4.69, 9.17) is 5.73 Å². The van der Waals surface area contributed by atoms with Gasteiger partial charge in [0.25, 0.3) is 5.91 Å². The van der Waals surface area contributed by atoms with Crippen LogP contribution in [0.2, 0.25) is 0 Å². The average molecular weight is 426 g/mol. The Bertz CT molecular complexity index is 893. The number of halogens is 2. The van der Waals surface area contributed by atoms with Crippen LogP contribution in [0.5, 0.6) is 0 Å². The van der Waals surface area contributed by atoms with Crippen molar-refractivity contribution in [2.45, 2.75) is 33.0 Å². The highest BCUT2D eigenvalue weighted by molar-refractivity contribution is 7.15. The van der Waals surface area contributed by atoms with Crippen LogP contribution in [-0.2, 0) is 13.1 Å². The van der Waals surface area contributed by atoms with Gasteiger partial charge < -0.3 is 10.6 Å². The summed E-state index contributed by atoms with van der Waals surface area (Å²) in [5, 5.41) is 2.52. The normalized spacial score (nSPS) is 10.7. The molecule has 0 saturated heterocycles. The van der Waals surface area contributed by atoms with Gasteiger partial charge in [-0.05, 0) is 43.7 Å². The lowest BCUT2D eigenvalue weighted by Gasteiger charge is -2.25. The molecule has 3 aromatic rings. The first-order valence-electron chi connectivity index (χ1n) is 8.28. The Morgan fingerprint density at radius 3 is 2.52 bits per heavy atom. The number of nitrogens with two attached hydrogens (primary N) is 1. The second kappa shape index (κ2) is 9.41. The molecular weight excluding hydrogens is 405 g/mol. The van der Waals surface area contributed by atoms with E-state index in [0.717, 1.165) is 20.3 Å². The highest BCUT2D eigenvalue weighted by atomic mass is 35.5. The van der Waals surface area contributed by atoms with Crippen molar-refractivity contribution in [1.29, 1.82) is 0 Å². The molecular formula is C19H21ClFN3OS2. The number of benzene rings is 1. The maximum absolute atomic E-state index is 13.1. The van der Waals surface area contributed by atoms with E-state index in [1.165, 1.54) is 23.5 Å². The van der Waals surface area contributed by atoms with Gasteiger partial charge in [-0.2, -0.15) is 0 Å². The van der Waals surface area contributed by atoms with Gasteiger partial charge >= 0.3 is 0 Å². The largest absolute Gasteiger partial charge is 0.330 e. The molecule has 0 radical (unpaired) electrons. The molecule has 0 aliphatic heterocycles. The molecule has 3 rings (SSSR count). The Labute approximate surface area is 172 Å². The van der Waals surface area contributed by atoms with Crippen LogP contribution < -0.4 is 5.73 Å². The Morgan fingerprint density at radius 2 is 1.93 bits per heavy atom. The molecule has 27 heavy (non-hydrogen) atoms. The van der Waals surface area contributed by atoms with E-state index in [9.17, 15) is 9.18 Å². The van der Waals surface area contributed by atoms with Gasteiger partial charge in [0.05, 0.1) is 6.54 Å². The summed E-state index contributed by atoms with van der Waals surface area (Å²) in [6.07, 6.45) is 0. The van der Waals surface area contributed by atoms with Crippen LogP contribution in [0.15, 0.2) is 41.8 Å². The lowest BCUT2D eigenvalue weighted by molar-refractivity contribution is 0.0687. The van der Waals surface area contributed by atoms with Crippen molar-refractivity contribution in [2.24, 2.45) is 5.73 Å². The van der Waals surface area contributed by atoms with E-state index in [-0.39, 0.29) is 30.2 Å². The summed E-state index contributed by atoms with van der Waals surface area (Å²) in [4.78, 5) is 21.1. The third kappa shape index (κ3) is 5.13. The van der Waals surface area contributed by atoms with Crippen LogP contribution in [0.25, 0.3) is 10.4 Å². The van der Waals surface area contributed by atoms with Gasteiger partial charge in [0.1, 0.15) is 16.5 Å². The first kappa shape index (κ1) is 21.5. The number of amides is 1. The van der Waals surface area contributed by atoms with Gasteiger partial charge in [-0.1, -0.05) is 12.1 Å². The average Bonchev–Trinajstić information content (AvgIpc) is 3.29. The quantitative estimate of drug-likeness (QED) is 0.608. The summed E-state index contributed by atoms with van der Waals surface area (Å²) in [5.41, 5.74) is 7.00. The molecule has 2 heterocycles. The predicted octanol–water partition coefficient (Wildman–Crippen LogP) is 4.94. The Kier molecular flexibility index (Phi) is 7.49. The van der Waals surface area contributed by atoms with Crippen molar-refractivity contribution in [3.05, 3.63) is 63.2 Å². The molecule has 0 unspecified atom stereocenters. The minimum absolute atomic E-state index is 0. The topological polar surface area (TPSA) is 59.2 Å². The lowest BCUT2D eigenvalue weighted by Crippen LogP contribution is -2.36. The first-order chi connectivity index (χ1) is 12.5. The number of hydrogen-bond acceptors (Lipinski definition) is 5. The van der Waals surface area contributed by atoms with Crippen LogP contribution in [0.1, 0.15) is 34.2 Å². The molecule has 0 spiro atoms. The highest BCUT2D eigenvalue weighted by Gasteiger charge is 2.22. The molecule has 0 fully saturated rings. The molecule has 0 bridgehead atoms. The van der Waals surface area contributed by atoms with Crippen molar-refractivity contribution in [3.63, 3.8) is 0 Å². The number of thiazole rings is 1. The Morgan fingerprint density at radius 1 is 1.22 bits per heavy atom. The van der Waals surface area contributed by atoms with Crippen molar-refractivity contribution in [1.82, 2.24) is 9.88 Å². The van der Waals surface area contributed by atoms with Gasteiger partial charge in [-0.15, -0.1) is 35.1 Å². The van der Waals surface area contributed by atoms with E-state index >= 15 is 0 Å². The molecule has 2 aromatic heterocycles. The number of carbonyl (C=O) groups excluding carboxylic acids is 1. The summed E-state index contributed by atoms with van der Waals surface area (Å²) in [6, 6.07) is 10.5. The number of carbonyl (C=O) groups is 1. The number of thiophene rings is 1. The van der Waals surface area contributed by atoms with E-state index in [2.05, 4.69) is 4.98 Å². The smallest absolute Gasteiger partial charge is 0.273 e. The van der Waals surface area contributed by atoms with Gasteiger partial charge in [0, 0.05) is 27.7 Å². The first-order valence-corrected chi connectivity index (χ1v) is 9.97. The van der Waals surface area contributed by atoms with Gasteiger partial charge in [0.2, 0.25) is 0 Å². The second-order valence-electron chi connectivity index (χ2n) is 6.13. The molecule has 1 aromatic carbocycles. The summed E-state index contributed by atoms with van der Waals surface area (Å²) in [6.45, 7) is 4.83. The fourth-order valence-corrected chi connectivity index (χ4v) is 4.20. The minimum atomic E-state index is -0.248. The Balaban J connectivity index is 0.00000261. The Hall–Kier alpha value is -1.80. The third-order valence-electron chi connectivity index (χ3n) is 3.95. The van der Waals surface area contributed by atoms with E-state index in [0.29, 0.717) is 18.8 Å². The second-order valence-corrected chi connectivity index (χ2v) is 8.24.